The zero-order valence-corrected chi connectivity index (χ0v) is 5.26. The largest absolute Gasteiger partial charge is 0.377 e. The van der Waals surface area contributed by atoms with E-state index in [0.717, 1.165) is 25.0 Å². The highest BCUT2D eigenvalue weighted by molar-refractivity contribution is 5.14. The van der Waals surface area contributed by atoms with Crippen molar-refractivity contribution in [1.82, 2.24) is 0 Å². The maximum atomic E-state index is 8.24. The summed E-state index contributed by atoms with van der Waals surface area (Å²) in [6, 6.07) is 2.00. The minimum absolute atomic E-state index is 0.660. The highest BCUT2D eigenvalue weighted by atomic mass is 16.5. The summed E-state index contributed by atoms with van der Waals surface area (Å²) in [7, 11) is 0. The molecule has 2 nitrogen and oxygen atoms in total. The standard InChI is InChI=1S/C7H9NO/c8-4-3-7-2-1-5-9-6-7/h3H,1-2,5-6H2. The van der Waals surface area contributed by atoms with Gasteiger partial charge >= 0.3 is 0 Å². The van der Waals surface area contributed by atoms with E-state index in [2.05, 4.69) is 0 Å². The second-order valence-electron chi connectivity index (χ2n) is 2.09. The summed E-state index contributed by atoms with van der Waals surface area (Å²) in [6.07, 6.45) is 3.68. The Morgan fingerprint density at radius 3 is 3.11 bits per heavy atom. The molecule has 0 radical (unpaired) electrons. The SMILES string of the molecule is N#CC=C1CCCOC1. The van der Waals surface area contributed by atoms with Gasteiger partial charge in [0.2, 0.25) is 0 Å². The first-order chi connectivity index (χ1) is 4.43. The molecule has 0 aromatic carbocycles. The molecule has 0 aromatic rings. The molecule has 1 aliphatic heterocycles. The number of ether oxygens (including phenoxy) is 1. The Hall–Kier alpha value is -0.810. The third-order valence-corrected chi connectivity index (χ3v) is 1.34. The first-order valence-electron chi connectivity index (χ1n) is 3.09. The molecule has 1 rings (SSSR count). The van der Waals surface area contributed by atoms with Crippen molar-refractivity contribution in [2.75, 3.05) is 13.2 Å². The number of allylic oxidation sites excluding steroid dienone is 1. The maximum absolute atomic E-state index is 8.24. The lowest BCUT2D eigenvalue weighted by molar-refractivity contribution is 0.130. The Bertz CT molecular complexity index is 147. The van der Waals surface area contributed by atoms with Crippen molar-refractivity contribution in [2.24, 2.45) is 0 Å². The van der Waals surface area contributed by atoms with Gasteiger partial charge in [-0.05, 0) is 18.4 Å². The fourth-order valence-electron chi connectivity index (χ4n) is 0.882. The van der Waals surface area contributed by atoms with E-state index in [1.54, 1.807) is 6.08 Å². The molecule has 0 saturated carbocycles. The van der Waals surface area contributed by atoms with Crippen molar-refractivity contribution in [3.8, 4) is 6.07 Å². The molecular weight excluding hydrogens is 114 g/mol. The van der Waals surface area contributed by atoms with E-state index in [1.165, 1.54) is 0 Å². The van der Waals surface area contributed by atoms with E-state index < -0.39 is 0 Å². The van der Waals surface area contributed by atoms with E-state index in [4.69, 9.17) is 10.00 Å². The molecule has 48 valence electrons. The Kier molecular flexibility index (Phi) is 2.29. The van der Waals surface area contributed by atoms with Gasteiger partial charge in [0.15, 0.2) is 0 Å². The molecule has 0 amide bonds. The van der Waals surface area contributed by atoms with Gasteiger partial charge in [-0.3, -0.25) is 0 Å². The second kappa shape index (κ2) is 3.26. The van der Waals surface area contributed by atoms with Crippen LogP contribution in [0.15, 0.2) is 11.6 Å². The second-order valence-corrected chi connectivity index (χ2v) is 2.09. The molecule has 1 heterocycles. The summed E-state index contributed by atoms with van der Waals surface area (Å²) in [6.45, 7) is 1.51. The fraction of sp³-hybridized carbons (Fsp3) is 0.571. The molecule has 0 aromatic heterocycles. The summed E-state index contributed by atoms with van der Waals surface area (Å²) < 4.78 is 5.12. The monoisotopic (exact) mass is 123 g/mol. The van der Waals surface area contributed by atoms with Crippen LogP contribution in [0.2, 0.25) is 0 Å². The summed E-state index contributed by atoms with van der Waals surface area (Å²) in [5.74, 6) is 0. The summed E-state index contributed by atoms with van der Waals surface area (Å²) >= 11 is 0. The van der Waals surface area contributed by atoms with Gasteiger partial charge in [0.1, 0.15) is 0 Å². The Balaban J connectivity index is 2.42. The van der Waals surface area contributed by atoms with Gasteiger partial charge in [-0.15, -0.1) is 0 Å². The first kappa shape index (κ1) is 6.31. The zero-order valence-electron chi connectivity index (χ0n) is 5.26. The van der Waals surface area contributed by atoms with Gasteiger partial charge in [0.25, 0.3) is 0 Å². The molecule has 0 aliphatic carbocycles. The number of nitriles is 1. The Morgan fingerprint density at radius 1 is 1.67 bits per heavy atom. The van der Waals surface area contributed by atoms with Crippen LogP contribution < -0.4 is 0 Å². The lowest BCUT2D eigenvalue weighted by Crippen LogP contribution is -2.07. The fourth-order valence-corrected chi connectivity index (χ4v) is 0.882. The van der Waals surface area contributed by atoms with Crippen molar-refractivity contribution in [3.05, 3.63) is 11.6 Å². The molecular formula is C7H9NO. The molecule has 1 aliphatic rings. The topological polar surface area (TPSA) is 33.0 Å². The van der Waals surface area contributed by atoms with Gasteiger partial charge in [-0.1, -0.05) is 0 Å². The van der Waals surface area contributed by atoms with Gasteiger partial charge in [0.05, 0.1) is 12.7 Å². The maximum Gasteiger partial charge on any atom is 0.0912 e. The Labute approximate surface area is 54.7 Å². The number of rotatable bonds is 0. The molecule has 1 saturated heterocycles. The minimum Gasteiger partial charge on any atom is -0.377 e. The van der Waals surface area contributed by atoms with Gasteiger partial charge < -0.3 is 4.74 Å². The van der Waals surface area contributed by atoms with Crippen molar-refractivity contribution in [3.63, 3.8) is 0 Å². The van der Waals surface area contributed by atoms with Crippen LogP contribution in [-0.2, 0) is 4.74 Å². The van der Waals surface area contributed by atoms with Crippen LogP contribution >= 0.6 is 0 Å². The number of nitrogens with zero attached hydrogens (tertiary/aromatic N) is 1. The molecule has 2 heteroatoms. The summed E-state index contributed by atoms with van der Waals surface area (Å²) in [4.78, 5) is 0. The lowest BCUT2D eigenvalue weighted by atomic mass is 10.1. The lowest BCUT2D eigenvalue weighted by Gasteiger charge is -2.12. The first-order valence-corrected chi connectivity index (χ1v) is 3.09. The minimum atomic E-state index is 0.660. The molecule has 0 atom stereocenters. The predicted octanol–water partition coefficient (Wildman–Crippen LogP) is 1.25. The predicted molar refractivity (Wildman–Crippen MR) is 33.7 cm³/mol. The van der Waals surface area contributed by atoms with Crippen LogP contribution in [0.3, 0.4) is 0 Å². The normalized spacial score (nSPS) is 23.7. The highest BCUT2D eigenvalue weighted by Gasteiger charge is 2.03. The number of hydrogen-bond donors (Lipinski definition) is 0. The van der Waals surface area contributed by atoms with Crippen molar-refractivity contribution in [2.45, 2.75) is 12.8 Å². The molecule has 0 bridgehead atoms. The van der Waals surface area contributed by atoms with E-state index in [9.17, 15) is 0 Å². The molecule has 9 heavy (non-hydrogen) atoms. The summed E-state index contributed by atoms with van der Waals surface area (Å²) in [5.41, 5.74) is 1.13. The van der Waals surface area contributed by atoms with Gasteiger partial charge in [0, 0.05) is 12.7 Å². The van der Waals surface area contributed by atoms with E-state index in [-0.39, 0.29) is 0 Å². The van der Waals surface area contributed by atoms with Crippen molar-refractivity contribution < 1.29 is 4.74 Å². The van der Waals surface area contributed by atoms with E-state index in [0.29, 0.717) is 6.61 Å². The average molecular weight is 123 g/mol. The van der Waals surface area contributed by atoms with Crippen LogP contribution in [0, 0.1) is 11.3 Å². The average Bonchev–Trinajstić information content (AvgIpc) is 1.91. The third-order valence-electron chi connectivity index (χ3n) is 1.34. The molecule has 0 N–H and O–H groups in total. The van der Waals surface area contributed by atoms with Crippen LogP contribution in [0.25, 0.3) is 0 Å². The van der Waals surface area contributed by atoms with Crippen molar-refractivity contribution >= 4 is 0 Å². The molecule has 0 unspecified atom stereocenters. The quantitative estimate of drug-likeness (QED) is 0.454. The van der Waals surface area contributed by atoms with Crippen LogP contribution in [0.5, 0.6) is 0 Å². The summed E-state index contributed by atoms with van der Waals surface area (Å²) in [5, 5.41) is 8.24. The van der Waals surface area contributed by atoms with E-state index >= 15 is 0 Å². The Morgan fingerprint density at radius 2 is 2.56 bits per heavy atom. The third kappa shape index (κ3) is 1.87. The van der Waals surface area contributed by atoms with Crippen LogP contribution in [0.1, 0.15) is 12.8 Å². The van der Waals surface area contributed by atoms with E-state index in [1.807, 2.05) is 6.07 Å². The smallest absolute Gasteiger partial charge is 0.0912 e. The van der Waals surface area contributed by atoms with Crippen LogP contribution in [-0.4, -0.2) is 13.2 Å². The number of hydrogen-bond acceptors (Lipinski definition) is 2. The van der Waals surface area contributed by atoms with Gasteiger partial charge in [-0.2, -0.15) is 5.26 Å². The molecule has 0 spiro atoms. The molecule has 1 fully saturated rings. The van der Waals surface area contributed by atoms with Gasteiger partial charge in [-0.25, -0.2) is 0 Å². The highest BCUT2D eigenvalue weighted by Crippen LogP contribution is 2.10. The van der Waals surface area contributed by atoms with Crippen molar-refractivity contribution in [1.29, 1.82) is 5.26 Å². The zero-order chi connectivity index (χ0) is 6.53. The van der Waals surface area contributed by atoms with Crippen LogP contribution in [0.4, 0.5) is 0 Å².